The minimum atomic E-state index is -1.13. The van der Waals surface area contributed by atoms with Gasteiger partial charge in [0.25, 0.3) is 0 Å². The van der Waals surface area contributed by atoms with Crippen LogP contribution in [0, 0.1) is 0 Å². The van der Waals surface area contributed by atoms with E-state index in [1.54, 1.807) is 21.1 Å². The highest BCUT2D eigenvalue weighted by Crippen LogP contribution is 2.13. The molecule has 0 aliphatic carbocycles. The Balaban J connectivity index is 4.40. The van der Waals surface area contributed by atoms with Gasteiger partial charge in [-0.3, -0.25) is 9.59 Å². The van der Waals surface area contributed by atoms with E-state index in [4.69, 9.17) is 14.2 Å². The molecule has 2 unspecified atom stereocenters. The van der Waals surface area contributed by atoms with Gasteiger partial charge in [0, 0.05) is 19.3 Å². The fourth-order valence-corrected chi connectivity index (χ4v) is 5.57. The van der Waals surface area contributed by atoms with Gasteiger partial charge in [0.05, 0.1) is 40.3 Å². The molecule has 0 aliphatic rings. The van der Waals surface area contributed by atoms with Crippen molar-refractivity contribution in [2.75, 3.05) is 41.0 Å². The lowest BCUT2D eigenvalue weighted by Crippen LogP contribution is -2.55. The van der Waals surface area contributed by atoms with Crippen LogP contribution in [0.1, 0.15) is 162 Å². The van der Waals surface area contributed by atoms with Crippen LogP contribution in [0.3, 0.4) is 0 Å². The van der Waals surface area contributed by atoms with Gasteiger partial charge >= 0.3 is 11.9 Å². The minimum Gasteiger partial charge on any atom is -0.544 e. The molecule has 8 nitrogen and oxygen atoms in total. The molecule has 0 aromatic heterocycles. The fourth-order valence-electron chi connectivity index (χ4n) is 5.57. The number of hydrogen-bond donors (Lipinski definition) is 0. The number of carbonyl (C=O) groups is 3. The van der Waals surface area contributed by atoms with Gasteiger partial charge in [0.2, 0.25) is 0 Å². The molecule has 8 heteroatoms. The first-order valence-corrected chi connectivity index (χ1v) is 20.0. The molecule has 0 fully saturated rings. The Hall–Kier alpha value is -2.45. The lowest BCUT2D eigenvalue weighted by Gasteiger charge is -2.34. The smallest absolute Gasteiger partial charge is 0.306 e. The van der Waals surface area contributed by atoms with Crippen LogP contribution in [0.5, 0.6) is 0 Å². The zero-order valence-corrected chi connectivity index (χ0v) is 32.8. The molecule has 0 N–H and O–H groups in total. The third-order valence-corrected chi connectivity index (χ3v) is 8.75. The maximum atomic E-state index is 12.7. The number of carboxylic acid groups (broad SMARTS) is 1. The van der Waals surface area contributed by atoms with Crippen molar-refractivity contribution in [2.45, 2.75) is 174 Å². The van der Waals surface area contributed by atoms with Crippen molar-refractivity contribution < 1.29 is 38.2 Å². The Bertz CT molecular complexity index is 922. The molecular formula is C42H75NO7. The zero-order valence-electron chi connectivity index (χ0n) is 32.8. The second-order valence-corrected chi connectivity index (χ2v) is 14.5. The topological polar surface area (TPSA) is 102 Å². The van der Waals surface area contributed by atoms with Crippen molar-refractivity contribution in [2.24, 2.45) is 0 Å². The number of hydrogen-bond acceptors (Lipinski definition) is 7. The first-order valence-electron chi connectivity index (χ1n) is 20.0. The summed E-state index contributed by atoms with van der Waals surface area (Å²) in [6.07, 6.45) is 36.0. The highest BCUT2D eigenvalue weighted by molar-refractivity contribution is 5.70. The van der Waals surface area contributed by atoms with Gasteiger partial charge in [-0.1, -0.05) is 115 Å². The van der Waals surface area contributed by atoms with Gasteiger partial charge in [-0.25, -0.2) is 0 Å². The summed E-state index contributed by atoms with van der Waals surface area (Å²) >= 11 is 0. The summed E-state index contributed by atoms with van der Waals surface area (Å²) in [5, 5.41) is 11.6. The second kappa shape index (κ2) is 33.7. The molecule has 0 saturated heterocycles. The molecule has 0 heterocycles. The van der Waals surface area contributed by atoms with Crippen LogP contribution in [0.15, 0.2) is 36.5 Å². The number of carboxylic acids is 1. The standard InChI is InChI=1S/C42H75NO7/c1-6-8-10-12-14-16-17-18-19-20-21-22-23-25-27-29-31-33-41(45)50-38(36-48-35-34-39(42(46)47)43(3,4)5)37-49-40(44)32-30-28-26-24-15-13-11-9-7-2/h14,16,18-19,24,26,38-39H,6-13,15,17,20-23,25,27-37H2,1-5H3/b16-14+,19-18+,26-24+. The Morgan fingerprint density at radius 2 is 1.08 bits per heavy atom. The number of nitrogens with zero attached hydrogens (tertiary/aromatic N) is 1. The molecule has 0 rings (SSSR count). The van der Waals surface area contributed by atoms with Crippen molar-refractivity contribution in [3.05, 3.63) is 36.5 Å². The fraction of sp³-hybridized carbons (Fsp3) is 0.786. The van der Waals surface area contributed by atoms with Gasteiger partial charge in [-0.2, -0.15) is 0 Å². The van der Waals surface area contributed by atoms with Gasteiger partial charge in [-0.15, -0.1) is 0 Å². The van der Waals surface area contributed by atoms with Crippen LogP contribution in [0.2, 0.25) is 0 Å². The van der Waals surface area contributed by atoms with E-state index in [1.807, 2.05) is 0 Å². The summed E-state index contributed by atoms with van der Waals surface area (Å²) in [6.45, 7) is 4.55. The Labute approximate surface area is 306 Å². The predicted molar refractivity (Wildman–Crippen MR) is 203 cm³/mol. The Morgan fingerprint density at radius 1 is 0.600 bits per heavy atom. The zero-order chi connectivity index (χ0) is 37.1. The Kier molecular flexibility index (Phi) is 32.0. The van der Waals surface area contributed by atoms with Crippen LogP contribution in [0.25, 0.3) is 0 Å². The average Bonchev–Trinajstić information content (AvgIpc) is 3.06. The van der Waals surface area contributed by atoms with E-state index in [1.165, 1.54) is 77.0 Å². The number of rotatable bonds is 35. The number of esters is 2. The molecule has 0 spiro atoms. The van der Waals surface area contributed by atoms with E-state index in [2.05, 4.69) is 50.3 Å². The molecule has 50 heavy (non-hydrogen) atoms. The van der Waals surface area contributed by atoms with Crippen LogP contribution >= 0.6 is 0 Å². The van der Waals surface area contributed by atoms with Crippen molar-refractivity contribution in [1.29, 1.82) is 0 Å². The normalized spacial score (nSPS) is 13.4. The monoisotopic (exact) mass is 706 g/mol. The molecule has 0 aliphatic heterocycles. The number of aliphatic carboxylic acids is 1. The molecule has 2 atom stereocenters. The van der Waals surface area contributed by atoms with E-state index >= 15 is 0 Å². The number of quaternary nitrogens is 1. The molecule has 0 radical (unpaired) electrons. The van der Waals surface area contributed by atoms with E-state index in [0.29, 0.717) is 19.3 Å². The van der Waals surface area contributed by atoms with Crippen LogP contribution < -0.4 is 5.11 Å². The van der Waals surface area contributed by atoms with Crippen LogP contribution in [-0.2, 0) is 28.6 Å². The number of carbonyl (C=O) groups excluding carboxylic acids is 3. The van der Waals surface area contributed by atoms with E-state index in [-0.39, 0.29) is 42.7 Å². The lowest BCUT2D eigenvalue weighted by molar-refractivity contribution is -0.889. The summed E-state index contributed by atoms with van der Waals surface area (Å²) < 4.78 is 17.0. The lowest BCUT2D eigenvalue weighted by atomic mass is 10.1. The molecule has 0 amide bonds. The summed E-state index contributed by atoms with van der Waals surface area (Å²) in [6, 6.07) is -0.728. The molecule has 290 valence electrons. The van der Waals surface area contributed by atoms with E-state index in [9.17, 15) is 19.5 Å². The summed E-state index contributed by atoms with van der Waals surface area (Å²) in [4.78, 5) is 36.6. The first-order chi connectivity index (χ1) is 24.1. The van der Waals surface area contributed by atoms with Crippen LogP contribution in [0.4, 0.5) is 0 Å². The molecular weight excluding hydrogens is 630 g/mol. The molecule has 0 saturated carbocycles. The van der Waals surface area contributed by atoms with Gasteiger partial charge < -0.3 is 28.6 Å². The van der Waals surface area contributed by atoms with Crippen molar-refractivity contribution in [3.8, 4) is 0 Å². The third-order valence-electron chi connectivity index (χ3n) is 8.75. The van der Waals surface area contributed by atoms with Crippen LogP contribution in [-0.4, -0.2) is 75.5 Å². The number of unbranched alkanes of at least 4 members (excludes halogenated alkanes) is 15. The highest BCUT2D eigenvalue weighted by atomic mass is 16.6. The average molecular weight is 706 g/mol. The van der Waals surface area contributed by atoms with E-state index in [0.717, 1.165) is 44.9 Å². The maximum Gasteiger partial charge on any atom is 0.306 e. The largest absolute Gasteiger partial charge is 0.544 e. The van der Waals surface area contributed by atoms with Gasteiger partial charge in [0.1, 0.15) is 12.6 Å². The quantitative estimate of drug-likeness (QED) is 0.0281. The second-order valence-electron chi connectivity index (χ2n) is 14.5. The third kappa shape index (κ3) is 31.5. The minimum absolute atomic E-state index is 0.0294. The molecule has 0 aromatic rings. The molecule has 0 aromatic carbocycles. The summed E-state index contributed by atoms with van der Waals surface area (Å²) in [5.74, 6) is -1.79. The number of allylic oxidation sites excluding steroid dienone is 6. The van der Waals surface area contributed by atoms with E-state index < -0.39 is 18.1 Å². The molecule has 0 bridgehead atoms. The Morgan fingerprint density at radius 3 is 1.66 bits per heavy atom. The van der Waals surface area contributed by atoms with Crippen molar-refractivity contribution in [3.63, 3.8) is 0 Å². The predicted octanol–water partition coefficient (Wildman–Crippen LogP) is 8.96. The van der Waals surface area contributed by atoms with Gasteiger partial charge in [0.15, 0.2) is 6.10 Å². The maximum absolute atomic E-state index is 12.7. The number of likely N-dealkylation sites (N-methyl/N-ethyl adjacent to an activating group) is 1. The van der Waals surface area contributed by atoms with Gasteiger partial charge in [-0.05, 0) is 64.2 Å². The van der Waals surface area contributed by atoms with Crippen molar-refractivity contribution in [1.82, 2.24) is 0 Å². The first kappa shape index (κ1) is 47.5. The summed E-state index contributed by atoms with van der Waals surface area (Å²) in [5.41, 5.74) is 0. The SMILES string of the molecule is CCCCC/C=C/C/C=C/CCCCCCCCCC(=O)OC(COCCC(C(=O)[O-])[N+](C)(C)C)COC(=O)CCC/C=C/CCCCCC. The summed E-state index contributed by atoms with van der Waals surface area (Å²) in [7, 11) is 5.38. The highest BCUT2D eigenvalue weighted by Gasteiger charge is 2.25. The number of ether oxygens (including phenoxy) is 3. The van der Waals surface area contributed by atoms with Crippen molar-refractivity contribution >= 4 is 17.9 Å².